The molecule has 286 valence electrons. The van der Waals surface area contributed by atoms with Crippen LogP contribution >= 0.6 is 11.6 Å². The van der Waals surface area contributed by atoms with Crippen molar-refractivity contribution in [2.45, 2.75) is 70.5 Å². The van der Waals surface area contributed by atoms with Crippen LogP contribution in [0.25, 0.3) is 0 Å². The fourth-order valence-corrected chi connectivity index (χ4v) is 7.14. The molecular formula is C34H37ClF6N8O4. The van der Waals surface area contributed by atoms with E-state index in [0.717, 1.165) is 0 Å². The summed E-state index contributed by atoms with van der Waals surface area (Å²) in [5, 5.41) is 0.256. The molecule has 0 bridgehead atoms. The van der Waals surface area contributed by atoms with Crippen molar-refractivity contribution in [3.05, 3.63) is 58.5 Å². The summed E-state index contributed by atoms with van der Waals surface area (Å²) in [6.07, 6.45) is -4.33. The van der Waals surface area contributed by atoms with Crippen molar-refractivity contribution in [2.24, 2.45) is 5.92 Å². The number of rotatable bonds is 10. The Morgan fingerprint density at radius 3 is 2.21 bits per heavy atom. The maximum Gasteiger partial charge on any atom is 0.416 e. The number of benzene rings is 1. The molecule has 3 aliphatic heterocycles. The van der Waals surface area contributed by atoms with E-state index < -0.39 is 42.2 Å². The van der Waals surface area contributed by atoms with Gasteiger partial charge in [0.05, 0.1) is 60.5 Å². The number of esters is 1. The predicted molar refractivity (Wildman–Crippen MR) is 182 cm³/mol. The molecule has 0 radical (unpaired) electrons. The lowest BCUT2D eigenvalue weighted by molar-refractivity contribution is -0.148. The fourth-order valence-electron chi connectivity index (χ4n) is 6.94. The van der Waals surface area contributed by atoms with E-state index >= 15 is 0 Å². The molecule has 0 spiro atoms. The van der Waals surface area contributed by atoms with Gasteiger partial charge in [0, 0.05) is 32.2 Å². The van der Waals surface area contributed by atoms with Crippen LogP contribution in [0.2, 0.25) is 5.02 Å². The molecule has 3 aliphatic rings. The average molecular weight is 771 g/mol. The van der Waals surface area contributed by atoms with E-state index in [2.05, 4.69) is 15.0 Å². The third kappa shape index (κ3) is 8.47. The van der Waals surface area contributed by atoms with Crippen LogP contribution < -0.4 is 19.6 Å². The van der Waals surface area contributed by atoms with E-state index in [1.54, 1.807) is 11.8 Å². The first-order valence-electron chi connectivity index (χ1n) is 17.2. The molecule has 19 heteroatoms. The van der Waals surface area contributed by atoms with Gasteiger partial charge in [-0.2, -0.15) is 31.3 Å². The smallest absolute Gasteiger partial charge is 0.416 e. The van der Waals surface area contributed by atoms with Gasteiger partial charge in [-0.15, -0.1) is 0 Å². The van der Waals surface area contributed by atoms with E-state index in [0.29, 0.717) is 75.0 Å². The number of anilines is 4. The molecule has 0 aliphatic carbocycles. The summed E-state index contributed by atoms with van der Waals surface area (Å²) in [5.41, 5.74) is -2.79. The van der Waals surface area contributed by atoms with Gasteiger partial charge < -0.3 is 24.2 Å². The number of hydrogen-bond donors (Lipinski definition) is 0. The van der Waals surface area contributed by atoms with Gasteiger partial charge in [0.15, 0.2) is 5.82 Å². The highest BCUT2D eigenvalue weighted by Gasteiger charge is 2.40. The molecule has 3 saturated heterocycles. The molecule has 0 saturated carbocycles. The second-order valence-corrected chi connectivity index (χ2v) is 13.4. The minimum atomic E-state index is -5.03. The molecule has 3 fully saturated rings. The summed E-state index contributed by atoms with van der Waals surface area (Å²) in [7, 11) is 0. The Bertz CT molecular complexity index is 1760. The second kappa shape index (κ2) is 15.4. The third-order valence-corrected chi connectivity index (χ3v) is 9.91. The minimum absolute atomic E-state index is 0.0351. The molecule has 6 rings (SSSR count). The number of carbonyl (C=O) groups is 2. The van der Waals surface area contributed by atoms with Gasteiger partial charge >= 0.3 is 24.4 Å². The first kappa shape index (κ1) is 38.1. The van der Waals surface area contributed by atoms with Gasteiger partial charge in [-0.05, 0) is 56.4 Å². The van der Waals surface area contributed by atoms with E-state index in [9.17, 15) is 35.9 Å². The molecular weight excluding hydrogens is 734 g/mol. The lowest BCUT2D eigenvalue weighted by Gasteiger charge is -2.32. The molecule has 1 amide bonds. The zero-order valence-electron chi connectivity index (χ0n) is 28.8. The van der Waals surface area contributed by atoms with Crippen LogP contribution in [0.5, 0.6) is 0 Å². The highest BCUT2D eigenvalue weighted by molar-refractivity contribution is 6.32. The summed E-state index contributed by atoms with van der Waals surface area (Å²) < 4.78 is 93.2. The van der Waals surface area contributed by atoms with Crippen molar-refractivity contribution in [3.63, 3.8) is 0 Å². The largest absolute Gasteiger partial charge is 0.466 e. The van der Waals surface area contributed by atoms with Crippen molar-refractivity contribution in [2.75, 3.05) is 59.0 Å². The third-order valence-electron chi connectivity index (χ3n) is 9.64. The normalized spacial score (nSPS) is 19.9. The van der Waals surface area contributed by atoms with Crippen LogP contribution in [0.4, 0.5) is 54.5 Å². The number of aromatic nitrogens is 4. The average Bonchev–Trinajstić information content (AvgIpc) is 3.76. The zero-order valence-corrected chi connectivity index (χ0v) is 29.6. The first-order chi connectivity index (χ1) is 25.2. The number of nitrogens with zero attached hydrogens (tertiary/aromatic N) is 8. The number of amides is 1. The second-order valence-electron chi connectivity index (χ2n) is 13.0. The number of halogens is 7. The molecule has 5 heterocycles. The van der Waals surface area contributed by atoms with Crippen molar-refractivity contribution >= 4 is 47.1 Å². The van der Waals surface area contributed by atoms with Gasteiger partial charge in [0.25, 0.3) is 0 Å². The Balaban J connectivity index is 1.31. The number of alkyl halides is 6. The fraction of sp³-hybridized carbons (Fsp3) is 0.529. The van der Waals surface area contributed by atoms with Crippen LogP contribution in [0.3, 0.4) is 0 Å². The summed E-state index contributed by atoms with van der Waals surface area (Å²) in [6, 6.07) is 0.760. The maximum absolute atomic E-state index is 13.8. The predicted octanol–water partition coefficient (Wildman–Crippen LogP) is 6.76. The van der Waals surface area contributed by atoms with Gasteiger partial charge in [0.2, 0.25) is 11.9 Å². The van der Waals surface area contributed by atoms with Crippen LogP contribution in [0, 0.1) is 5.92 Å². The topological polar surface area (TPSA) is 117 Å². The lowest BCUT2D eigenvalue weighted by Crippen LogP contribution is -2.39. The number of ether oxygens (including phenoxy) is 2. The van der Waals surface area contributed by atoms with Crippen molar-refractivity contribution in [3.8, 4) is 0 Å². The Morgan fingerprint density at radius 1 is 0.981 bits per heavy atom. The summed E-state index contributed by atoms with van der Waals surface area (Å²) in [5.74, 6) is 0.399. The number of hydrogen-bond acceptors (Lipinski definition) is 11. The molecule has 3 aromatic rings. The molecule has 1 aromatic carbocycles. The van der Waals surface area contributed by atoms with Gasteiger partial charge in [0.1, 0.15) is 11.6 Å². The Morgan fingerprint density at radius 2 is 1.64 bits per heavy atom. The van der Waals surface area contributed by atoms with E-state index in [4.69, 9.17) is 26.1 Å². The molecule has 2 aromatic heterocycles. The number of cyclic esters (lactones) is 1. The monoisotopic (exact) mass is 770 g/mol. The lowest BCUT2D eigenvalue weighted by atomic mass is 9.97. The van der Waals surface area contributed by atoms with Crippen molar-refractivity contribution in [1.82, 2.24) is 19.9 Å². The molecule has 0 N–H and O–H groups in total. The number of piperidine rings is 1. The molecule has 2 atom stereocenters. The van der Waals surface area contributed by atoms with Crippen LogP contribution in [0.1, 0.15) is 56.2 Å². The standard InChI is InChI=1S/C34H37ClF6N8O4/c1-3-24-14-25(19-48(24)28-27(35)17-44-31(45-28)46-7-5-21(6-8-46)29(50)52-4-2)49(30-42-15-26(16-43-30)47-9-10-53-32(47)51)18-20-11-22(33(36,37)38)13-23(12-20)34(39,40)41/h11-13,15-17,21,24-25H,3-10,14,18-19H2,1-2H3. The van der Waals surface area contributed by atoms with E-state index in [-0.39, 0.29) is 60.2 Å². The van der Waals surface area contributed by atoms with Gasteiger partial charge in [-0.1, -0.05) is 18.5 Å². The highest BCUT2D eigenvalue weighted by atomic mass is 35.5. The summed E-state index contributed by atoms with van der Waals surface area (Å²) >= 11 is 6.68. The van der Waals surface area contributed by atoms with Crippen molar-refractivity contribution in [1.29, 1.82) is 0 Å². The Hall–Kier alpha value is -4.61. The summed E-state index contributed by atoms with van der Waals surface area (Å²) in [4.78, 5) is 49.3. The molecule has 12 nitrogen and oxygen atoms in total. The van der Waals surface area contributed by atoms with Gasteiger partial charge in [-0.25, -0.2) is 19.7 Å². The van der Waals surface area contributed by atoms with Crippen LogP contribution in [-0.2, 0) is 33.2 Å². The molecule has 2 unspecified atom stereocenters. The quantitative estimate of drug-likeness (QED) is 0.161. The molecule has 53 heavy (non-hydrogen) atoms. The van der Waals surface area contributed by atoms with Crippen LogP contribution in [0.15, 0.2) is 36.8 Å². The summed E-state index contributed by atoms with van der Waals surface area (Å²) in [6.45, 7) is 5.28. The highest BCUT2D eigenvalue weighted by Crippen LogP contribution is 2.39. The van der Waals surface area contributed by atoms with Gasteiger partial charge in [-0.3, -0.25) is 9.69 Å². The zero-order chi connectivity index (χ0) is 38.1. The first-order valence-corrected chi connectivity index (χ1v) is 17.6. The Labute approximate surface area is 306 Å². The van der Waals surface area contributed by atoms with E-state index in [1.807, 2.05) is 16.7 Å². The maximum atomic E-state index is 13.8. The van der Waals surface area contributed by atoms with Crippen LogP contribution in [-0.4, -0.2) is 83.5 Å². The van der Waals surface area contributed by atoms with E-state index in [1.165, 1.54) is 23.5 Å². The number of carbonyl (C=O) groups excluding carboxylic acids is 2. The Kier molecular flexibility index (Phi) is 11.1. The minimum Gasteiger partial charge on any atom is -0.466 e. The van der Waals surface area contributed by atoms with Crippen molar-refractivity contribution < 1.29 is 45.4 Å². The SMILES string of the molecule is CCOC(=O)C1CCN(c2ncc(Cl)c(N3CC(N(Cc4cc(C(F)(F)F)cc(C(F)(F)F)c4)c4ncc(N5CCOC5=O)cn4)CC3CC)n2)CC1.